The van der Waals surface area contributed by atoms with Crippen molar-refractivity contribution in [2.45, 2.75) is 26.7 Å². The fourth-order valence-corrected chi connectivity index (χ4v) is 1.91. The molecule has 0 spiro atoms. The molecule has 12 heavy (non-hydrogen) atoms. The molecule has 0 aromatic carbocycles. The first-order chi connectivity index (χ1) is 5.66. The average Bonchev–Trinajstić information content (AvgIpc) is 2.06. The van der Waals surface area contributed by atoms with Crippen LogP contribution < -0.4 is 0 Å². The molecule has 1 aliphatic rings. The Morgan fingerprint density at radius 1 is 1.25 bits per heavy atom. The van der Waals surface area contributed by atoms with E-state index in [0.717, 1.165) is 22.7 Å². The monoisotopic (exact) mass is 198 g/mol. The van der Waals surface area contributed by atoms with Gasteiger partial charge in [0, 0.05) is 4.91 Å². The zero-order valence-electron chi connectivity index (χ0n) is 7.46. The summed E-state index contributed by atoms with van der Waals surface area (Å²) in [5, 5.41) is 0. The van der Waals surface area contributed by atoms with Gasteiger partial charge < -0.3 is 0 Å². The van der Waals surface area contributed by atoms with Gasteiger partial charge >= 0.3 is 0 Å². The van der Waals surface area contributed by atoms with Gasteiger partial charge in [0.2, 0.25) is 0 Å². The average molecular weight is 198 g/mol. The van der Waals surface area contributed by atoms with Crippen molar-refractivity contribution in [3.05, 3.63) is 33.1 Å². The van der Waals surface area contributed by atoms with E-state index in [1.165, 1.54) is 11.1 Å². The number of hydrogen-bond donors (Lipinski definition) is 2. The third-order valence-electron chi connectivity index (χ3n) is 2.06. The highest BCUT2D eigenvalue weighted by molar-refractivity contribution is 7.88. The molecule has 0 aromatic rings. The first kappa shape index (κ1) is 10.0. The lowest BCUT2D eigenvalue weighted by molar-refractivity contribution is 0.934. The summed E-state index contributed by atoms with van der Waals surface area (Å²) in [4.78, 5) is 2.15. The molecule has 0 unspecified atom stereocenters. The summed E-state index contributed by atoms with van der Waals surface area (Å²) in [7, 11) is 0. The summed E-state index contributed by atoms with van der Waals surface area (Å²) < 4.78 is 0. The lowest BCUT2D eigenvalue weighted by Gasteiger charge is -2.17. The molecule has 0 saturated carbocycles. The van der Waals surface area contributed by atoms with E-state index in [9.17, 15) is 0 Å². The Hall–Kier alpha value is -0.0800. The highest BCUT2D eigenvalue weighted by atomic mass is 32.1. The minimum absolute atomic E-state index is 1.04. The molecule has 0 amide bonds. The van der Waals surface area contributed by atoms with Crippen LogP contribution in [0.25, 0.3) is 0 Å². The molecule has 1 aliphatic carbocycles. The Kier molecular flexibility index (Phi) is 3.53. The van der Waals surface area contributed by atoms with Crippen molar-refractivity contribution in [3.63, 3.8) is 0 Å². The van der Waals surface area contributed by atoms with E-state index in [2.05, 4.69) is 38.3 Å². The molecule has 0 radical (unpaired) electrons. The van der Waals surface area contributed by atoms with Crippen LogP contribution in [0, 0.1) is 0 Å². The van der Waals surface area contributed by atoms with E-state index in [1.807, 2.05) is 13.0 Å². The van der Waals surface area contributed by atoms with Crippen LogP contribution in [0.1, 0.15) is 26.7 Å². The number of allylic oxidation sites excluding steroid dienone is 5. The van der Waals surface area contributed by atoms with E-state index >= 15 is 0 Å². The zero-order chi connectivity index (χ0) is 9.14. The topological polar surface area (TPSA) is 0 Å². The summed E-state index contributed by atoms with van der Waals surface area (Å²) in [6.07, 6.45) is 6.30. The van der Waals surface area contributed by atoms with Crippen LogP contribution in [-0.2, 0) is 0 Å². The SMILES string of the molecule is C/C=C\C1=C(C)CCC(S)=C1S. The van der Waals surface area contributed by atoms with Crippen LogP contribution in [0.15, 0.2) is 33.1 Å². The molecule has 0 N–H and O–H groups in total. The Balaban J connectivity index is 3.07. The third kappa shape index (κ3) is 1.99. The molecule has 0 bridgehead atoms. The van der Waals surface area contributed by atoms with Crippen LogP contribution in [0.2, 0.25) is 0 Å². The zero-order valence-corrected chi connectivity index (χ0v) is 9.25. The predicted molar refractivity (Wildman–Crippen MR) is 61.7 cm³/mol. The maximum Gasteiger partial charge on any atom is 0.0205 e. The molecule has 66 valence electrons. The molecule has 0 aromatic heterocycles. The van der Waals surface area contributed by atoms with Crippen molar-refractivity contribution < 1.29 is 0 Å². The van der Waals surface area contributed by atoms with E-state index in [1.54, 1.807) is 0 Å². The minimum Gasteiger partial charge on any atom is -0.147 e. The van der Waals surface area contributed by atoms with Gasteiger partial charge in [-0.1, -0.05) is 17.7 Å². The summed E-state index contributed by atoms with van der Waals surface area (Å²) >= 11 is 8.82. The molecule has 0 aliphatic heterocycles. The summed E-state index contributed by atoms with van der Waals surface area (Å²) in [6, 6.07) is 0. The smallest absolute Gasteiger partial charge is 0.0205 e. The van der Waals surface area contributed by atoms with Crippen molar-refractivity contribution in [3.8, 4) is 0 Å². The first-order valence-electron chi connectivity index (χ1n) is 4.10. The highest BCUT2D eigenvalue weighted by Crippen LogP contribution is 2.34. The molecular weight excluding hydrogens is 184 g/mol. The van der Waals surface area contributed by atoms with Crippen LogP contribution >= 0.6 is 25.3 Å². The standard InChI is InChI=1S/C10H14S2/c1-3-4-8-7(2)5-6-9(11)10(8)12/h3-4,11-12H,5-6H2,1-2H3/b4-3-. The maximum atomic E-state index is 4.44. The van der Waals surface area contributed by atoms with E-state index in [-0.39, 0.29) is 0 Å². The second-order valence-electron chi connectivity index (χ2n) is 2.99. The van der Waals surface area contributed by atoms with Crippen LogP contribution in [0.4, 0.5) is 0 Å². The molecule has 0 heterocycles. The lowest BCUT2D eigenvalue weighted by Crippen LogP contribution is -1.96. The van der Waals surface area contributed by atoms with E-state index in [4.69, 9.17) is 0 Å². The highest BCUT2D eigenvalue weighted by Gasteiger charge is 2.12. The normalized spacial score (nSPS) is 19.7. The van der Waals surface area contributed by atoms with Gasteiger partial charge in [-0.2, -0.15) is 0 Å². The van der Waals surface area contributed by atoms with Crippen LogP contribution in [-0.4, -0.2) is 0 Å². The summed E-state index contributed by atoms with van der Waals surface area (Å²) in [6.45, 7) is 4.18. The Labute approximate surface area is 85.3 Å². The number of thiol groups is 2. The number of rotatable bonds is 1. The van der Waals surface area contributed by atoms with Crippen LogP contribution in [0.5, 0.6) is 0 Å². The fourth-order valence-electron chi connectivity index (χ4n) is 1.30. The van der Waals surface area contributed by atoms with Gasteiger partial charge in [-0.25, -0.2) is 0 Å². The lowest BCUT2D eigenvalue weighted by atomic mass is 9.98. The maximum absolute atomic E-state index is 4.44. The summed E-state index contributed by atoms with van der Waals surface area (Å²) in [5.41, 5.74) is 2.66. The van der Waals surface area contributed by atoms with E-state index in [0.29, 0.717) is 0 Å². The van der Waals surface area contributed by atoms with Crippen LogP contribution in [0.3, 0.4) is 0 Å². The third-order valence-corrected chi connectivity index (χ3v) is 3.19. The van der Waals surface area contributed by atoms with Crippen molar-refractivity contribution in [2.24, 2.45) is 0 Å². The predicted octanol–water partition coefficient (Wildman–Crippen LogP) is 3.74. The summed E-state index contributed by atoms with van der Waals surface area (Å²) in [5.74, 6) is 0. The second-order valence-corrected chi connectivity index (χ2v) is 3.98. The number of hydrogen-bond acceptors (Lipinski definition) is 2. The molecule has 1 rings (SSSR count). The van der Waals surface area contributed by atoms with Crippen molar-refractivity contribution >= 4 is 25.3 Å². The van der Waals surface area contributed by atoms with Gasteiger partial charge in [0.05, 0.1) is 0 Å². The van der Waals surface area contributed by atoms with Gasteiger partial charge in [-0.3, -0.25) is 0 Å². The van der Waals surface area contributed by atoms with Crippen molar-refractivity contribution in [2.75, 3.05) is 0 Å². The Bertz CT molecular complexity index is 270. The van der Waals surface area contributed by atoms with Gasteiger partial charge in [-0.05, 0) is 37.2 Å². The first-order valence-corrected chi connectivity index (χ1v) is 5.00. The van der Waals surface area contributed by atoms with Gasteiger partial charge in [0.1, 0.15) is 0 Å². The second kappa shape index (κ2) is 4.24. The minimum atomic E-state index is 1.04. The Morgan fingerprint density at radius 2 is 1.92 bits per heavy atom. The van der Waals surface area contributed by atoms with Crippen molar-refractivity contribution in [1.29, 1.82) is 0 Å². The van der Waals surface area contributed by atoms with Crippen molar-refractivity contribution in [1.82, 2.24) is 0 Å². The Morgan fingerprint density at radius 3 is 2.50 bits per heavy atom. The van der Waals surface area contributed by atoms with E-state index < -0.39 is 0 Å². The molecule has 0 saturated heterocycles. The molecule has 0 atom stereocenters. The molecular formula is C10H14S2. The molecule has 0 nitrogen and oxygen atoms in total. The molecule has 0 fully saturated rings. The quantitative estimate of drug-likeness (QED) is 0.589. The molecule has 2 heteroatoms. The van der Waals surface area contributed by atoms with Gasteiger partial charge in [-0.15, -0.1) is 25.3 Å². The van der Waals surface area contributed by atoms with Gasteiger partial charge in [0.15, 0.2) is 0 Å². The fraction of sp³-hybridized carbons (Fsp3) is 0.400. The largest absolute Gasteiger partial charge is 0.147 e. The van der Waals surface area contributed by atoms with Gasteiger partial charge in [0.25, 0.3) is 0 Å².